The molecule has 3 heterocycles. The number of fused-ring (bicyclic) bond motifs is 2. The van der Waals surface area contributed by atoms with Crippen molar-refractivity contribution in [3.05, 3.63) is 69.1 Å². The maximum atomic E-state index is 13.6. The van der Waals surface area contributed by atoms with Gasteiger partial charge in [-0.1, -0.05) is 17.3 Å². The van der Waals surface area contributed by atoms with E-state index in [4.69, 9.17) is 0 Å². The highest BCUT2D eigenvalue weighted by Crippen LogP contribution is 2.37. The number of carbonyl (C=O) groups excluding carboxylic acids is 3. The van der Waals surface area contributed by atoms with E-state index in [1.165, 1.54) is 33.2 Å². The molecule has 0 unspecified atom stereocenters. The number of aromatic nitrogens is 4. The summed E-state index contributed by atoms with van der Waals surface area (Å²) >= 11 is 4.51. The van der Waals surface area contributed by atoms with E-state index in [0.717, 1.165) is 16.3 Å². The lowest BCUT2D eigenvalue weighted by atomic mass is 10.1. The smallest absolute Gasteiger partial charge is 0.297 e. The predicted octanol–water partition coefficient (Wildman–Crippen LogP) is 3.40. The van der Waals surface area contributed by atoms with E-state index in [2.05, 4.69) is 31.2 Å². The number of nitrogens with zero attached hydrogens (tertiary/aromatic N) is 5. The minimum Gasteiger partial charge on any atom is -0.297 e. The molecule has 154 valence electrons. The van der Waals surface area contributed by atoms with Crippen molar-refractivity contribution in [3.8, 4) is 0 Å². The van der Waals surface area contributed by atoms with Crippen LogP contribution >= 0.6 is 27.3 Å². The molecule has 0 saturated carbocycles. The number of halogens is 2. The van der Waals surface area contributed by atoms with Gasteiger partial charge in [0.1, 0.15) is 18.1 Å². The molecular formula is C20H11BrFN5O3S. The van der Waals surface area contributed by atoms with E-state index >= 15 is 0 Å². The maximum Gasteiger partial charge on any atom is 0.299 e. The highest BCUT2D eigenvalue weighted by atomic mass is 79.9. The number of hydrogen-bond acceptors (Lipinski definition) is 7. The molecule has 1 amide bonds. The van der Waals surface area contributed by atoms with Crippen LogP contribution in [-0.2, 0) is 17.9 Å². The zero-order valence-electron chi connectivity index (χ0n) is 15.6. The molecule has 5 rings (SSSR count). The Morgan fingerprint density at radius 3 is 2.81 bits per heavy atom. The predicted molar refractivity (Wildman–Crippen MR) is 114 cm³/mol. The summed E-state index contributed by atoms with van der Waals surface area (Å²) < 4.78 is 16.2. The minimum atomic E-state index is -0.784. The van der Waals surface area contributed by atoms with Crippen LogP contribution < -0.4 is 4.90 Å². The van der Waals surface area contributed by atoms with E-state index in [-0.39, 0.29) is 30.1 Å². The zero-order valence-corrected chi connectivity index (χ0v) is 18.0. The second kappa shape index (κ2) is 7.43. The van der Waals surface area contributed by atoms with Gasteiger partial charge in [-0.15, -0.1) is 16.4 Å². The summed E-state index contributed by atoms with van der Waals surface area (Å²) in [6.45, 7) is -0.109. The summed E-state index contributed by atoms with van der Waals surface area (Å²) in [5.74, 6) is -2.39. The van der Waals surface area contributed by atoms with Crippen molar-refractivity contribution in [2.75, 3.05) is 4.90 Å². The van der Waals surface area contributed by atoms with E-state index in [0.29, 0.717) is 15.2 Å². The third-order valence-corrected chi connectivity index (χ3v) is 6.41. The summed E-state index contributed by atoms with van der Waals surface area (Å²) in [6.07, 6.45) is 1.53. The van der Waals surface area contributed by atoms with E-state index in [1.807, 2.05) is 24.3 Å². The highest BCUT2D eigenvalue weighted by Gasteiger charge is 2.38. The van der Waals surface area contributed by atoms with Crippen molar-refractivity contribution < 1.29 is 18.8 Å². The monoisotopic (exact) mass is 499 g/mol. The average molecular weight is 500 g/mol. The molecule has 0 atom stereocenters. The van der Waals surface area contributed by atoms with Gasteiger partial charge < -0.3 is 0 Å². The highest BCUT2D eigenvalue weighted by molar-refractivity contribution is 9.10. The number of hydrogen-bond donors (Lipinski definition) is 0. The molecule has 1 aliphatic heterocycles. The van der Waals surface area contributed by atoms with Crippen LogP contribution in [-0.4, -0.2) is 37.5 Å². The number of benzene rings is 2. The Hall–Kier alpha value is -3.31. The first-order valence-corrected chi connectivity index (χ1v) is 10.6. The van der Waals surface area contributed by atoms with Crippen molar-refractivity contribution in [1.82, 2.24) is 20.0 Å². The average Bonchev–Trinajstić information content (AvgIpc) is 3.42. The van der Waals surface area contributed by atoms with Gasteiger partial charge in [-0.2, -0.15) is 0 Å². The number of ketones is 2. The summed E-state index contributed by atoms with van der Waals surface area (Å²) in [5, 5.41) is 8.31. The van der Waals surface area contributed by atoms with E-state index in [1.54, 1.807) is 0 Å². The summed E-state index contributed by atoms with van der Waals surface area (Å²) in [4.78, 5) is 42.7. The van der Waals surface area contributed by atoms with Crippen LogP contribution in [0.25, 0.3) is 10.2 Å². The topological polar surface area (TPSA) is 98.1 Å². The molecule has 0 aliphatic carbocycles. The van der Waals surface area contributed by atoms with Crippen LogP contribution in [0.15, 0.2) is 47.1 Å². The fourth-order valence-corrected chi connectivity index (χ4v) is 4.90. The molecule has 8 nitrogen and oxygen atoms in total. The van der Waals surface area contributed by atoms with Crippen LogP contribution in [0.1, 0.15) is 25.9 Å². The second-order valence-electron chi connectivity index (χ2n) is 6.82. The Labute approximate surface area is 186 Å². The van der Waals surface area contributed by atoms with E-state index < -0.39 is 17.5 Å². The number of anilines is 1. The summed E-state index contributed by atoms with van der Waals surface area (Å²) in [6, 6.07) is 9.70. The molecule has 2 aromatic heterocycles. The van der Waals surface area contributed by atoms with E-state index in [9.17, 15) is 18.8 Å². The Morgan fingerprint density at radius 2 is 2.00 bits per heavy atom. The Bertz CT molecular complexity index is 1370. The molecule has 0 fully saturated rings. The van der Waals surface area contributed by atoms with Gasteiger partial charge >= 0.3 is 0 Å². The molecule has 1 aliphatic rings. The van der Waals surface area contributed by atoms with Crippen molar-refractivity contribution in [2.45, 2.75) is 13.1 Å². The van der Waals surface area contributed by atoms with Gasteiger partial charge in [-0.3, -0.25) is 19.3 Å². The number of Topliss-reactive ketones (excluding diaryl/α,β-unsaturated/α-hetero) is 2. The lowest BCUT2D eigenvalue weighted by molar-refractivity contribution is -0.114. The number of amides is 1. The van der Waals surface area contributed by atoms with Gasteiger partial charge in [0.25, 0.3) is 11.7 Å². The molecule has 0 radical (unpaired) electrons. The van der Waals surface area contributed by atoms with Gasteiger partial charge in [0.2, 0.25) is 5.78 Å². The zero-order chi connectivity index (χ0) is 21.7. The number of para-hydroxylation sites is 1. The van der Waals surface area contributed by atoms with Crippen LogP contribution in [0.4, 0.5) is 10.1 Å². The molecule has 0 bridgehead atoms. The molecule has 11 heteroatoms. The van der Waals surface area contributed by atoms with Gasteiger partial charge in [0.15, 0.2) is 5.01 Å². The summed E-state index contributed by atoms with van der Waals surface area (Å²) in [7, 11) is 0. The molecule has 2 aromatic carbocycles. The summed E-state index contributed by atoms with van der Waals surface area (Å²) in [5.41, 5.74) is 1.42. The Morgan fingerprint density at radius 1 is 1.19 bits per heavy atom. The minimum absolute atomic E-state index is 0.00437. The maximum absolute atomic E-state index is 13.6. The molecule has 0 N–H and O–H groups in total. The molecular weight excluding hydrogens is 489 g/mol. The van der Waals surface area contributed by atoms with Crippen molar-refractivity contribution >= 4 is 60.6 Å². The molecule has 4 aromatic rings. The molecule has 0 saturated heterocycles. The quantitative estimate of drug-likeness (QED) is 0.308. The first kappa shape index (κ1) is 19.6. The molecule has 31 heavy (non-hydrogen) atoms. The largest absolute Gasteiger partial charge is 0.299 e. The van der Waals surface area contributed by atoms with Crippen molar-refractivity contribution in [3.63, 3.8) is 0 Å². The number of carbonyl (C=O) groups is 3. The number of rotatable bonds is 5. The third-order valence-electron chi connectivity index (χ3n) is 4.73. The van der Waals surface area contributed by atoms with Crippen LogP contribution in [0.3, 0.4) is 0 Å². The van der Waals surface area contributed by atoms with Crippen LogP contribution in [0.5, 0.6) is 0 Å². The SMILES string of the molecule is O=C(Cn1cc(CN2C(=O)C(=O)c3cc(F)cc(Br)c32)nn1)c1nc2ccccc2s1. The van der Waals surface area contributed by atoms with Gasteiger partial charge in [-0.25, -0.2) is 14.1 Å². The number of thiazole rings is 1. The van der Waals surface area contributed by atoms with Gasteiger partial charge in [0, 0.05) is 4.47 Å². The second-order valence-corrected chi connectivity index (χ2v) is 8.71. The van der Waals surface area contributed by atoms with Crippen molar-refractivity contribution in [2.24, 2.45) is 0 Å². The fraction of sp³-hybridized carbons (Fsp3) is 0.100. The lowest BCUT2D eigenvalue weighted by Gasteiger charge is -2.16. The molecule has 0 spiro atoms. The Balaban J connectivity index is 1.35. The van der Waals surface area contributed by atoms with Crippen molar-refractivity contribution in [1.29, 1.82) is 0 Å². The van der Waals surface area contributed by atoms with Gasteiger partial charge in [0.05, 0.1) is 34.2 Å². The van der Waals surface area contributed by atoms with Crippen LogP contribution in [0.2, 0.25) is 0 Å². The Kier molecular flexibility index (Phi) is 4.71. The first-order chi connectivity index (χ1) is 14.9. The van der Waals surface area contributed by atoms with Crippen LogP contribution in [0, 0.1) is 5.82 Å². The standard InChI is InChI=1S/C20H11BrFN5O3S/c21-13-6-10(22)5-12-17(13)27(20(30)18(12)29)8-11-7-26(25-24-11)9-15(28)19-23-14-3-1-2-4-16(14)31-19/h1-7H,8-9H2. The van der Waals surface area contributed by atoms with Gasteiger partial charge in [-0.05, 0) is 40.2 Å². The fourth-order valence-electron chi connectivity index (χ4n) is 3.36. The lowest BCUT2D eigenvalue weighted by Crippen LogP contribution is -2.29. The normalized spacial score (nSPS) is 13.3. The first-order valence-electron chi connectivity index (χ1n) is 9.04. The third kappa shape index (κ3) is 3.45.